The zero-order valence-corrected chi connectivity index (χ0v) is 23.6. The maximum Gasteiger partial charge on any atom is 0.338 e. The first-order valence-electron chi connectivity index (χ1n) is 13.2. The lowest BCUT2D eigenvalue weighted by Gasteiger charge is -2.25. The molecule has 1 aromatic heterocycles. The Morgan fingerprint density at radius 2 is 1.90 bits per heavy atom. The number of nitrogens with zero attached hydrogens (tertiary/aromatic N) is 2. The van der Waals surface area contributed by atoms with E-state index in [9.17, 15) is 9.59 Å². The Balaban J connectivity index is 1.80. The summed E-state index contributed by atoms with van der Waals surface area (Å²) in [6.45, 7) is 6.47. The first-order chi connectivity index (χ1) is 19.0. The first kappa shape index (κ1) is 28.1. The van der Waals surface area contributed by atoms with Crippen LogP contribution in [-0.2, 0) is 9.53 Å². The molecule has 3 aromatic rings. The van der Waals surface area contributed by atoms with Crippen LogP contribution in [0.1, 0.15) is 57.2 Å². The van der Waals surface area contributed by atoms with Gasteiger partial charge in [0.1, 0.15) is 0 Å². The Morgan fingerprint density at radius 3 is 2.62 bits per heavy atom. The minimum atomic E-state index is -0.719. The van der Waals surface area contributed by atoms with E-state index >= 15 is 0 Å². The van der Waals surface area contributed by atoms with Crippen LogP contribution in [0.2, 0.25) is 0 Å². The van der Waals surface area contributed by atoms with E-state index in [1.165, 1.54) is 11.3 Å². The fourth-order valence-electron chi connectivity index (χ4n) is 4.44. The predicted molar refractivity (Wildman–Crippen MR) is 155 cm³/mol. The van der Waals surface area contributed by atoms with E-state index in [4.69, 9.17) is 14.2 Å². The van der Waals surface area contributed by atoms with Gasteiger partial charge in [0.25, 0.3) is 5.56 Å². The van der Waals surface area contributed by atoms with E-state index in [-0.39, 0.29) is 12.2 Å². The molecule has 1 aliphatic rings. The maximum atomic E-state index is 13.7. The molecule has 0 spiro atoms. The topological polar surface area (TPSA) is 79.1 Å². The third-order valence-corrected chi connectivity index (χ3v) is 7.36. The van der Waals surface area contributed by atoms with Crippen molar-refractivity contribution in [2.24, 2.45) is 4.99 Å². The number of unbranched alkanes of at least 4 members (excludes halogenated alkanes) is 2. The van der Waals surface area contributed by atoms with Crippen LogP contribution in [0.3, 0.4) is 0 Å². The fraction of sp³-hybridized carbons (Fsp3) is 0.323. The summed E-state index contributed by atoms with van der Waals surface area (Å²) in [5.74, 6) is 0.657. The third-order valence-electron chi connectivity index (χ3n) is 6.36. The van der Waals surface area contributed by atoms with E-state index in [1.807, 2.05) is 60.7 Å². The molecule has 0 saturated carbocycles. The molecule has 2 aromatic carbocycles. The minimum Gasteiger partial charge on any atom is -0.493 e. The Morgan fingerprint density at radius 1 is 1.10 bits per heavy atom. The van der Waals surface area contributed by atoms with Crippen LogP contribution in [0.4, 0.5) is 0 Å². The number of thiazole rings is 1. The van der Waals surface area contributed by atoms with Crippen molar-refractivity contribution in [2.75, 3.05) is 20.3 Å². The molecule has 0 fully saturated rings. The average molecular weight is 547 g/mol. The highest BCUT2D eigenvalue weighted by Crippen LogP contribution is 2.36. The number of allylic oxidation sites excluding steroid dienone is 2. The van der Waals surface area contributed by atoms with Crippen molar-refractivity contribution < 1.29 is 19.0 Å². The minimum absolute atomic E-state index is 0.213. The molecule has 7 nitrogen and oxygen atoms in total. The van der Waals surface area contributed by atoms with Crippen molar-refractivity contribution in [3.05, 3.63) is 96.7 Å². The summed E-state index contributed by atoms with van der Waals surface area (Å²) in [7, 11) is 1.58. The van der Waals surface area contributed by atoms with Crippen LogP contribution in [0, 0.1) is 0 Å². The van der Waals surface area contributed by atoms with Crippen molar-refractivity contribution in [3.63, 3.8) is 0 Å². The quantitative estimate of drug-likeness (QED) is 0.249. The van der Waals surface area contributed by atoms with Gasteiger partial charge in [0, 0.05) is 0 Å². The highest BCUT2D eigenvalue weighted by Gasteiger charge is 2.33. The summed E-state index contributed by atoms with van der Waals surface area (Å²) in [6.07, 6.45) is 8.71. The summed E-state index contributed by atoms with van der Waals surface area (Å²) >= 11 is 1.29. The summed E-state index contributed by atoms with van der Waals surface area (Å²) in [5.41, 5.74) is 2.36. The molecule has 2 heterocycles. The Bertz CT molecular complexity index is 1550. The largest absolute Gasteiger partial charge is 0.493 e. The van der Waals surface area contributed by atoms with Crippen LogP contribution in [0.25, 0.3) is 12.2 Å². The zero-order chi connectivity index (χ0) is 27.8. The average Bonchev–Trinajstić information content (AvgIpc) is 3.25. The number of aromatic nitrogens is 1. The van der Waals surface area contributed by atoms with Gasteiger partial charge in [-0.1, -0.05) is 79.7 Å². The molecule has 0 aliphatic carbocycles. The van der Waals surface area contributed by atoms with Crippen molar-refractivity contribution in [1.82, 2.24) is 4.57 Å². The Hall–Kier alpha value is -3.91. The number of carbonyl (C=O) groups is 1. The molecule has 1 unspecified atom stereocenters. The van der Waals surface area contributed by atoms with Gasteiger partial charge in [-0.05, 0) is 49.6 Å². The highest BCUT2D eigenvalue weighted by molar-refractivity contribution is 7.07. The van der Waals surface area contributed by atoms with Gasteiger partial charge in [-0.2, -0.15) is 0 Å². The zero-order valence-electron chi connectivity index (χ0n) is 22.8. The maximum absolute atomic E-state index is 13.7. The molecular weight excluding hydrogens is 512 g/mol. The SMILES string of the molecule is CCCCCOc1ccc(C2C(C(=O)OCC)=C(C)N=c3sc(=CC=Cc4ccccc4)c(=O)n32)cc1OC. The van der Waals surface area contributed by atoms with E-state index < -0.39 is 12.0 Å². The number of hydrogen-bond donors (Lipinski definition) is 0. The molecule has 8 heteroatoms. The smallest absolute Gasteiger partial charge is 0.338 e. The highest BCUT2D eigenvalue weighted by atomic mass is 32.1. The number of hydrogen-bond acceptors (Lipinski definition) is 7. The number of methoxy groups -OCH3 is 1. The Labute approximate surface area is 232 Å². The second-order valence-electron chi connectivity index (χ2n) is 9.06. The normalized spacial score (nSPS) is 15.3. The van der Waals surface area contributed by atoms with Crippen LogP contribution in [-0.4, -0.2) is 30.9 Å². The van der Waals surface area contributed by atoms with Crippen LogP contribution in [0.5, 0.6) is 11.5 Å². The molecule has 1 atom stereocenters. The van der Waals surface area contributed by atoms with Gasteiger partial charge in [0.05, 0.1) is 42.2 Å². The van der Waals surface area contributed by atoms with Gasteiger partial charge in [-0.3, -0.25) is 9.36 Å². The van der Waals surface area contributed by atoms with E-state index in [0.29, 0.717) is 44.3 Å². The first-order valence-corrected chi connectivity index (χ1v) is 14.0. The summed E-state index contributed by atoms with van der Waals surface area (Å²) in [5, 5.41) is 0. The molecular formula is C31H34N2O5S. The molecule has 4 rings (SSSR count). The summed E-state index contributed by atoms with van der Waals surface area (Å²) in [4.78, 5) is 32.0. The Kier molecular flexibility index (Phi) is 9.54. The van der Waals surface area contributed by atoms with Gasteiger partial charge in [0.2, 0.25) is 0 Å². The number of rotatable bonds is 11. The second-order valence-corrected chi connectivity index (χ2v) is 10.1. The predicted octanol–water partition coefficient (Wildman–Crippen LogP) is 5.04. The lowest BCUT2D eigenvalue weighted by atomic mass is 9.95. The van der Waals surface area contributed by atoms with Crippen molar-refractivity contribution >= 4 is 29.5 Å². The van der Waals surface area contributed by atoms with Crippen LogP contribution >= 0.6 is 11.3 Å². The van der Waals surface area contributed by atoms with E-state index in [2.05, 4.69) is 11.9 Å². The number of carbonyl (C=O) groups excluding carboxylic acids is 1. The number of ether oxygens (including phenoxy) is 3. The number of esters is 1. The molecule has 39 heavy (non-hydrogen) atoms. The van der Waals surface area contributed by atoms with Crippen LogP contribution < -0.4 is 24.4 Å². The van der Waals surface area contributed by atoms with Gasteiger partial charge in [0.15, 0.2) is 16.3 Å². The van der Waals surface area contributed by atoms with Gasteiger partial charge < -0.3 is 14.2 Å². The summed E-state index contributed by atoms with van der Waals surface area (Å²) in [6, 6.07) is 14.7. The van der Waals surface area contributed by atoms with Gasteiger partial charge in [-0.25, -0.2) is 9.79 Å². The summed E-state index contributed by atoms with van der Waals surface area (Å²) < 4.78 is 19.1. The number of fused-ring (bicyclic) bond motifs is 1. The van der Waals surface area contributed by atoms with Crippen molar-refractivity contribution in [2.45, 2.75) is 46.1 Å². The van der Waals surface area contributed by atoms with E-state index in [1.54, 1.807) is 31.6 Å². The van der Waals surface area contributed by atoms with Crippen molar-refractivity contribution in [3.8, 4) is 11.5 Å². The van der Waals surface area contributed by atoms with Crippen LogP contribution in [0.15, 0.2) is 75.7 Å². The number of benzene rings is 2. The van der Waals surface area contributed by atoms with Gasteiger partial charge >= 0.3 is 5.97 Å². The molecule has 0 bridgehead atoms. The van der Waals surface area contributed by atoms with Crippen molar-refractivity contribution in [1.29, 1.82) is 0 Å². The molecule has 204 valence electrons. The lowest BCUT2D eigenvalue weighted by molar-refractivity contribution is -0.139. The fourth-order valence-corrected chi connectivity index (χ4v) is 5.44. The molecule has 0 amide bonds. The van der Waals surface area contributed by atoms with Gasteiger partial charge in [-0.15, -0.1) is 0 Å². The third kappa shape index (κ3) is 6.40. The monoisotopic (exact) mass is 546 g/mol. The molecule has 1 aliphatic heterocycles. The molecule has 0 N–H and O–H groups in total. The lowest BCUT2D eigenvalue weighted by Crippen LogP contribution is -2.39. The molecule has 0 saturated heterocycles. The van der Waals surface area contributed by atoms with E-state index in [0.717, 1.165) is 24.8 Å². The standard InChI is InChI=1S/C31H34N2O5S/c1-5-7-11-19-38-24-18-17-23(20-25(24)36-4)28-27(30(35)37-6-2)21(3)32-31-33(28)29(34)26(39-31)16-12-15-22-13-9-8-10-14-22/h8-10,12-18,20,28H,5-7,11,19H2,1-4H3. The molecule has 0 radical (unpaired) electrons. The second kappa shape index (κ2) is 13.2.